The van der Waals surface area contributed by atoms with Crippen molar-refractivity contribution in [3.8, 4) is 0 Å². The van der Waals surface area contributed by atoms with Gasteiger partial charge in [0.15, 0.2) is 0 Å². The second-order valence-corrected chi connectivity index (χ2v) is 11.7. The van der Waals surface area contributed by atoms with E-state index in [9.17, 15) is 41.0 Å². The van der Waals surface area contributed by atoms with Gasteiger partial charge in [0.1, 0.15) is 17.2 Å². The van der Waals surface area contributed by atoms with Crippen molar-refractivity contribution in [1.29, 1.82) is 0 Å². The molecule has 2 aliphatic carbocycles. The zero-order valence-electron chi connectivity index (χ0n) is 25.0. The number of carbonyl (C=O) groups excluding carboxylic acids is 1. The molecule has 2 aromatic rings. The summed E-state index contributed by atoms with van der Waals surface area (Å²) in [5, 5.41) is 11.1. The Hall–Kier alpha value is -3.59. The molecule has 0 saturated heterocycles. The molecule has 0 spiro atoms. The molecule has 2 fully saturated rings. The predicted molar refractivity (Wildman–Crippen MR) is 159 cm³/mol. The van der Waals surface area contributed by atoms with Crippen LogP contribution in [0.25, 0.3) is 0 Å². The van der Waals surface area contributed by atoms with Crippen molar-refractivity contribution >= 4 is 28.5 Å². The summed E-state index contributed by atoms with van der Waals surface area (Å²) >= 11 is 0. The molecule has 0 bridgehead atoms. The standard InChI is InChI=1S/C31H36F6N4O5/c32-30(33,34)26-17-21(5-11-28(26)40-43)38-19-1-7-24(8-2-19)45-15-13-23(42)14-16-46-25-9-3-20(4-10-25)39-22-6-12-29(41-44)27(18-22)31(35,36)37/h5-6,11-12,17-20,24-25,38-39H,1-4,7-10,13-16H2. The van der Waals surface area contributed by atoms with Gasteiger partial charge in [-0.05, 0) is 98.1 Å². The Kier molecular flexibility index (Phi) is 12.1. The third kappa shape index (κ3) is 10.2. The molecule has 0 atom stereocenters. The van der Waals surface area contributed by atoms with E-state index in [2.05, 4.69) is 21.0 Å². The number of nitrogens with one attached hydrogen (secondary N) is 2. The minimum Gasteiger partial charge on any atom is -0.382 e. The van der Waals surface area contributed by atoms with Crippen LogP contribution in [-0.2, 0) is 26.6 Å². The van der Waals surface area contributed by atoms with Crippen molar-refractivity contribution in [3.63, 3.8) is 0 Å². The molecule has 0 radical (unpaired) electrons. The Balaban J connectivity index is 1.07. The molecule has 0 unspecified atom stereocenters. The van der Waals surface area contributed by atoms with Gasteiger partial charge in [-0.2, -0.15) is 26.3 Å². The van der Waals surface area contributed by atoms with E-state index in [4.69, 9.17) is 9.47 Å². The van der Waals surface area contributed by atoms with Crippen LogP contribution in [0.3, 0.4) is 0 Å². The first-order valence-corrected chi connectivity index (χ1v) is 15.2. The Bertz CT molecular complexity index is 1240. The molecule has 2 aromatic carbocycles. The average Bonchev–Trinajstić information content (AvgIpc) is 3.02. The predicted octanol–water partition coefficient (Wildman–Crippen LogP) is 9.05. The molecule has 2 N–H and O–H groups in total. The fourth-order valence-electron chi connectivity index (χ4n) is 5.89. The smallest absolute Gasteiger partial charge is 0.382 e. The van der Waals surface area contributed by atoms with Gasteiger partial charge in [-0.15, -0.1) is 9.81 Å². The summed E-state index contributed by atoms with van der Waals surface area (Å²) in [6.45, 7) is 0.542. The van der Waals surface area contributed by atoms with E-state index < -0.39 is 34.9 Å². The molecule has 9 nitrogen and oxygen atoms in total. The monoisotopic (exact) mass is 658 g/mol. The third-order valence-corrected chi connectivity index (χ3v) is 8.36. The molecule has 2 aliphatic rings. The lowest BCUT2D eigenvalue weighted by atomic mass is 9.92. The summed E-state index contributed by atoms with van der Waals surface area (Å²) in [4.78, 5) is 33.8. The highest BCUT2D eigenvalue weighted by Gasteiger charge is 2.36. The second kappa shape index (κ2) is 15.8. The summed E-state index contributed by atoms with van der Waals surface area (Å²) in [6.07, 6.45) is -3.48. The highest BCUT2D eigenvalue weighted by molar-refractivity contribution is 5.78. The summed E-state index contributed by atoms with van der Waals surface area (Å²) in [7, 11) is 0. The minimum atomic E-state index is -4.68. The SMILES string of the molecule is O=Nc1ccc(NC2CCC(OCCC(=O)CCOC3CCC(Nc4ccc(N=O)c(C(F)(F)F)c4)CC3)CC2)cc1C(F)(F)F. The maximum atomic E-state index is 13.2. The number of halogens is 6. The lowest BCUT2D eigenvalue weighted by molar-refractivity contribution is -0.137. The number of hydrogen-bond donors (Lipinski definition) is 2. The molecule has 4 rings (SSSR count). The highest BCUT2D eigenvalue weighted by atomic mass is 19.4. The van der Waals surface area contributed by atoms with Gasteiger partial charge in [0.25, 0.3) is 0 Å². The summed E-state index contributed by atoms with van der Waals surface area (Å²) in [6, 6.07) is 6.61. The number of Topliss-reactive ketones (excluding diaryl/α,β-unsaturated/α-hetero) is 1. The quantitative estimate of drug-likeness (QED) is 0.154. The minimum absolute atomic E-state index is 0.00756. The summed E-state index contributed by atoms with van der Waals surface area (Å²) in [5.74, 6) is 0.00756. The molecule has 252 valence electrons. The lowest BCUT2D eigenvalue weighted by Crippen LogP contribution is -2.30. The maximum Gasteiger partial charge on any atom is 0.418 e. The Morgan fingerprint density at radius 1 is 0.652 bits per heavy atom. The van der Waals surface area contributed by atoms with E-state index in [0.29, 0.717) is 51.4 Å². The fraction of sp³-hybridized carbons (Fsp3) is 0.581. The summed E-state index contributed by atoms with van der Waals surface area (Å²) < 4.78 is 90.9. The van der Waals surface area contributed by atoms with E-state index in [0.717, 1.165) is 24.3 Å². The average molecular weight is 659 g/mol. The van der Waals surface area contributed by atoms with Crippen LogP contribution in [0.4, 0.5) is 49.1 Å². The van der Waals surface area contributed by atoms with Crippen molar-refractivity contribution in [2.24, 2.45) is 10.4 Å². The van der Waals surface area contributed by atoms with Crippen LogP contribution in [0.15, 0.2) is 46.8 Å². The first kappa shape index (κ1) is 35.3. The molecular weight excluding hydrogens is 622 g/mol. The molecule has 2 saturated carbocycles. The van der Waals surface area contributed by atoms with Crippen LogP contribution in [0.2, 0.25) is 0 Å². The number of anilines is 2. The van der Waals surface area contributed by atoms with Gasteiger partial charge in [-0.3, -0.25) is 4.79 Å². The van der Waals surface area contributed by atoms with Crippen molar-refractivity contribution in [2.75, 3.05) is 23.8 Å². The third-order valence-electron chi connectivity index (χ3n) is 8.36. The van der Waals surface area contributed by atoms with Crippen molar-refractivity contribution in [2.45, 2.75) is 101 Å². The zero-order chi connectivity index (χ0) is 33.3. The van der Waals surface area contributed by atoms with E-state index >= 15 is 0 Å². The maximum absolute atomic E-state index is 13.2. The molecule has 46 heavy (non-hydrogen) atoms. The molecule has 15 heteroatoms. The Morgan fingerprint density at radius 2 is 1.02 bits per heavy atom. The van der Waals surface area contributed by atoms with Crippen LogP contribution >= 0.6 is 0 Å². The molecule has 0 heterocycles. The largest absolute Gasteiger partial charge is 0.418 e. The molecule has 0 aliphatic heterocycles. The first-order chi connectivity index (χ1) is 21.9. The molecule has 0 aromatic heterocycles. The van der Waals surface area contributed by atoms with Crippen LogP contribution in [0, 0.1) is 9.81 Å². The number of nitroso groups, excluding NO2 is 2. The van der Waals surface area contributed by atoms with Crippen LogP contribution in [-0.4, -0.2) is 43.3 Å². The number of benzene rings is 2. The fourth-order valence-corrected chi connectivity index (χ4v) is 5.89. The number of hydrogen-bond acceptors (Lipinski definition) is 9. The van der Waals surface area contributed by atoms with Gasteiger partial charge in [0.2, 0.25) is 0 Å². The van der Waals surface area contributed by atoms with E-state index in [1.807, 2.05) is 0 Å². The van der Waals surface area contributed by atoms with Crippen LogP contribution in [0.5, 0.6) is 0 Å². The molecule has 0 amide bonds. The number of nitrogens with zero attached hydrogens (tertiary/aromatic N) is 2. The van der Waals surface area contributed by atoms with Gasteiger partial charge in [-0.1, -0.05) is 0 Å². The van der Waals surface area contributed by atoms with Gasteiger partial charge < -0.3 is 20.1 Å². The molecular formula is C31H36F6N4O5. The van der Waals surface area contributed by atoms with Gasteiger partial charge in [-0.25, -0.2) is 0 Å². The highest BCUT2D eigenvalue weighted by Crippen LogP contribution is 2.39. The zero-order valence-corrected chi connectivity index (χ0v) is 25.0. The lowest BCUT2D eigenvalue weighted by Gasteiger charge is -2.30. The first-order valence-electron chi connectivity index (χ1n) is 15.2. The van der Waals surface area contributed by atoms with E-state index in [1.165, 1.54) is 12.1 Å². The van der Waals surface area contributed by atoms with Crippen LogP contribution < -0.4 is 10.6 Å². The normalized spacial score (nSPS) is 22.2. The van der Waals surface area contributed by atoms with Crippen LogP contribution in [0.1, 0.15) is 75.3 Å². The van der Waals surface area contributed by atoms with E-state index in [-0.39, 0.29) is 67.5 Å². The van der Waals surface area contributed by atoms with Gasteiger partial charge >= 0.3 is 12.4 Å². The number of carbonyl (C=O) groups is 1. The summed E-state index contributed by atoms with van der Waals surface area (Å²) in [5.41, 5.74) is -2.92. The van der Waals surface area contributed by atoms with Crippen molar-refractivity contribution < 1.29 is 40.6 Å². The van der Waals surface area contributed by atoms with Crippen molar-refractivity contribution in [1.82, 2.24) is 0 Å². The van der Waals surface area contributed by atoms with Crippen molar-refractivity contribution in [3.05, 3.63) is 57.3 Å². The topological polar surface area (TPSA) is 118 Å². The second-order valence-electron chi connectivity index (χ2n) is 11.7. The number of ether oxygens (including phenoxy) is 2. The van der Waals surface area contributed by atoms with Gasteiger partial charge in [0.05, 0.1) is 36.5 Å². The number of ketones is 1. The Morgan fingerprint density at radius 3 is 1.35 bits per heavy atom. The van der Waals surface area contributed by atoms with E-state index in [1.54, 1.807) is 0 Å². The Labute approximate surface area is 261 Å². The van der Waals surface area contributed by atoms with Gasteiger partial charge in [0, 0.05) is 36.3 Å². The number of alkyl halides is 6. The number of rotatable bonds is 14.